The maximum atomic E-state index is 6.05. The molecule has 90 valence electrons. The van der Waals surface area contributed by atoms with Crippen LogP contribution in [-0.4, -0.2) is 20.3 Å². The first-order chi connectivity index (χ1) is 7.74. The molecule has 0 unspecified atom stereocenters. The lowest BCUT2D eigenvalue weighted by molar-refractivity contribution is 0.192. The lowest BCUT2D eigenvalue weighted by Gasteiger charge is -2.06. The van der Waals surface area contributed by atoms with E-state index in [0.29, 0.717) is 5.02 Å². The molecule has 0 bridgehead atoms. The first-order valence-electron chi connectivity index (χ1n) is 5.37. The Morgan fingerprint density at radius 3 is 2.75 bits per heavy atom. The minimum atomic E-state index is 0.675. The van der Waals surface area contributed by atoms with Crippen LogP contribution in [0.1, 0.15) is 18.4 Å². The molecule has 2 nitrogen and oxygen atoms in total. The second-order valence-electron chi connectivity index (χ2n) is 3.61. The molecule has 1 rings (SSSR count). The van der Waals surface area contributed by atoms with Gasteiger partial charge < -0.3 is 10.1 Å². The van der Waals surface area contributed by atoms with Gasteiger partial charge in [-0.2, -0.15) is 0 Å². The van der Waals surface area contributed by atoms with Crippen LogP contribution in [0.2, 0.25) is 10.0 Å². The highest BCUT2D eigenvalue weighted by atomic mass is 35.5. The summed E-state index contributed by atoms with van der Waals surface area (Å²) < 4.78 is 4.98. The maximum absolute atomic E-state index is 6.05. The van der Waals surface area contributed by atoms with Gasteiger partial charge in [0, 0.05) is 30.3 Å². The number of hydrogen-bond acceptors (Lipinski definition) is 2. The van der Waals surface area contributed by atoms with E-state index >= 15 is 0 Å². The fraction of sp³-hybridized carbons (Fsp3) is 0.500. The van der Waals surface area contributed by atoms with Crippen LogP contribution in [0.15, 0.2) is 18.2 Å². The fourth-order valence-corrected chi connectivity index (χ4v) is 1.86. The molecule has 1 aromatic rings. The Morgan fingerprint density at radius 2 is 2.06 bits per heavy atom. The van der Waals surface area contributed by atoms with Crippen molar-refractivity contribution in [3.05, 3.63) is 33.8 Å². The summed E-state index contributed by atoms with van der Waals surface area (Å²) in [6, 6.07) is 5.58. The Balaban J connectivity index is 2.21. The number of ether oxygens (including phenoxy) is 1. The van der Waals surface area contributed by atoms with E-state index in [2.05, 4.69) is 5.32 Å². The standard InChI is InChI=1S/C12H17Cl2NO/c1-16-7-3-2-6-15-9-10-4-5-11(13)8-12(10)14/h4-5,8,15H,2-3,6-7,9H2,1H3. The van der Waals surface area contributed by atoms with Gasteiger partial charge >= 0.3 is 0 Å². The van der Waals surface area contributed by atoms with Crippen molar-refractivity contribution in [1.82, 2.24) is 5.32 Å². The first-order valence-corrected chi connectivity index (χ1v) is 6.13. The highest BCUT2D eigenvalue weighted by molar-refractivity contribution is 6.35. The summed E-state index contributed by atoms with van der Waals surface area (Å²) in [5.41, 5.74) is 1.08. The van der Waals surface area contributed by atoms with E-state index < -0.39 is 0 Å². The van der Waals surface area contributed by atoms with Crippen molar-refractivity contribution < 1.29 is 4.74 Å². The van der Waals surface area contributed by atoms with Crippen LogP contribution in [0.4, 0.5) is 0 Å². The third-order valence-electron chi connectivity index (χ3n) is 2.28. The largest absolute Gasteiger partial charge is 0.385 e. The van der Waals surface area contributed by atoms with Crippen LogP contribution in [-0.2, 0) is 11.3 Å². The van der Waals surface area contributed by atoms with Gasteiger partial charge in [0.2, 0.25) is 0 Å². The first kappa shape index (κ1) is 13.8. The quantitative estimate of drug-likeness (QED) is 0.759. The van der Waals surface area contributed by atoms with Crippen molar-refractivity contribution in [2.24, 2.45) is 0 Å². The van der Waals surface area contributed by atoms with Gasteiger partial charge in [0.25, 0.3) is 0 Å². The number of hydrogen-bond donors (Lipinski definition) is 1. The van der Waals surface area contributed by atoms with Crippen molar-refractivity contribution in [3.8, 4) is 0 Å². The second-order valence-corrected chi connectivity index (χ2v) is 4.46. The normalized spacial score (nSPS) is 10.7. The Bertz CT molecular complexity index is 318. The molecule has 0 amide bonds. The van der Waals surface area contributed by atoms with Crippen LogP contribution in [0.3, 0.4) is 0 Å². The van der Waals surface area contributed by atoms with Crippen LogP contribution in [0, 0.1) is 0 Å². The van der Waals surface area contributed by atoms with Gasteiger partial charge in [0.1, 0.15) is 0 Å². The van der Waals surface area contributed by atoms with Crippen LogP contribution in [0.25, 0.3) is 0 Å². The number of halogens is 2. The summed E-state index contributed by atoms with van der Waals surface area (Å²) in [5, 5.41) is 4.73. The van der Waals surface area contributed by atoms with Gasteiger partial charge in [0.15, 0.2) is 0 Å². The van der Waals surface area contributed by atoms with Gasteiger partial charge in [-0.25, -0.2) is 0 Å². The van der Waals surface area contributed by atoms with E-state index in [4.69, 9.17) is 27.9 Å². The van der Waals surface area contributed by atoms with Crippen LogP contribution < -0.4 is 5.32 Å². The molecule has 0 aliphatic carbocycles. The molecule has 0 spiro atoms. The monoisotopic (exact) mass is 261 g/mol. The number of benzene rings is 1. The van der Waals surface area contributed by atoms with Gasteiger partial charge in [-0.15, -0.1) is 0 Å². The Hall–Kier alpha value is -0.280. The van der Waals surface area contributed by atoms with E-state index in [-0.39, 0.29) is 0 Å². The predicted molar refractivity (Wildman–Crippen MR) is 69.3 cm³/mol. The molecule has 0 aliphatic rings. The van der Waals surface area contributed by atoms with Crippen molar-refractivity contribution in [3.63, 3.8) is 0 Å². The SMILES string of the molecule is COCCCCNCc1ccc(Cl)cc1Cl. The molecule has 0 aliphatic heterocycles. The zero-order valence-corrected chi connectivity index (χ0v) is 10.9. The molecular weight excluding hydrogens is 245 g/mol. The summed E-state index contributed by atoms with van der Waals surface area (Å²) in [7, 11) is 1.72. The van der Waals surface area contributed by atoms with E-state index in [1.54, 1.807) is 13.2 Å². The molecule has 0 atom stereocenters. The summed E-state index contributed by atoms with van der Waals surface area (Å²) in [4.78, 5) is 0. The highest BCUT2D eigenvalue weighted by Gasteiger charge is 2.00. The van der Waals surface area contributed by atoms with Gasteiger partial charge in [0.05, 0.1) is 0 Å². The smallest absolute Gasteiger partial charge is 0.0465 e. The minimum Gasteiger partial charge on any atom is -0.385 e. The Labute approximate surface area is 107 Å². The number of nitrogens with one attached hydrogen (secondary N) is 1. The lowest BCUT2D eigenvalue weighted by Crippen LogP contribution is -2.15. The van der Waals surface area contributed by atoms with Crippen molar-refractivity contribution in [1.29, 1.82) is 0 Å². The van der Waals surface area contributed by atoms with Crippen molar-refractivity contribution in [2.45, 2.75) is 19.4 Å². The molecule has 1 N–H and O–H groups in total. The molecule has 0 saturated heterocycles. The molecule has 0 saturated carbocycles. The minimum absolute atomic E-state index is 0.675. The average molecular weight is 262 g/mol. The molecule has 16 heavy (non-hydrogen) atoms. The third kappa shape index (κ3) is 5.17. The zero-order chi connectivity index (χ0) is 11.8. The summed E-state index contributed by atoms with van der Waals surface area (Å²) in [6.07, 6.45) is 2.19. The molecule has 0 fully saturated rings. The van der Waals surface area contributed by atoms with E-state index in [1.807, 2.05) is 12.1 Å². The number of unbranched alkanes of at least 4 members (excludes halogenated alkanes) is 1. The van der Waals surface area contributed by atoms with Crippen LogP contribution in [0.5, 0.6) is 0 Å². The fourth-order valence-electron chi connectivity index (χ4n) is 1.38. The molecule has 1 aromatic carbocycles. The maximum Gasteiger partial charge on any atom is 0.0465 e. The van der Waals surface area contributed by atoms with Gasteiger partial charge in [-0.1, -0.05) is 29.3 Å². The van der Waals surface area contributed by atoms with Crippen molar-refractivity contribution >= 4 is 23.2 Å². The second kappa shape index (κ2) is 7.91. The summed E-state index contributed by atoms with van der Waals surface area (Å²) in [6.45, 7) is 2.58. The molecule has 4 heteroatoms. The average Bonchev–Trinajstić information content (AvgIpc) is 2.26. The Kier molecular flexibility index (Phi) is 6.81. The number of methoxy groups -OCH3 is 1. The third-order valence-corrected chi connectivity index (χ3v) is 2.87. The topological polar surface area (TPSA) is 21.3 Å². The van der Waals surface area contributed by atoms with Gasteiger partial charge in [-0.05, 0) is 37.1 Å². The van der Waals surface area contributed by atoms with Crippen molar-refractivity contribution in [2.75, 3.05) is 20.3 Å². The predicted octanol–water partition coefficient (Wildman–Crippen LogP) is 3.51. The van der Waals surface area contributed by atoms with E-state index in [9.17, 15) is 0 Å². The molecule has 0 heterocycles. The molecule has 0 aromatic heterocycles. The zero-order valence-electron chi connectivity index (χ0n) is 9.43. The lowest BCUT2D eigenvalue weighted by atomic mass is 10.2. The Morgan fingerprint density at radius 1 is 1.25 bits per heavy atom. The van der Waals surface area contributed by atoms with Gasteiger partial charge in [-0.3, -0.25) is 0 Å². The molecular formula is C12H17Cl2NO. The highest BCUT2D eigenvalue weighted by Crippen LogP contribution is 2.20. The summed E-state index contributed by atoms with van der Waals surface area (Å²) >= 11 is 11.9. The van der Waals surface area contributed by atoms with Crippen LogP contribution >= 0.6 is 23.2 Å². The summed E-state index contributed by atoms with van der Waals surface area (Å²) in [5.74, 6) is 0. The molecule has 0 radical (unpaired) electrons. The van der Waals surface area contributed by atoms with E-state index in [1.165, 1.54) is 0 Å². The van der Waals surface area contributed by atoms with E-state index in [0.717, 1.165) is 43.1 Å². The number of rotatable bonds is 7.